The number of guanidine groups is 1. The van der Waals surface area contributed by atoms with Gasteiger partial charge in [-0.3, -0.25) is 9.89 Å². The molecule has 0 saturated carbocycles. The van der Waals surface area contributed by atoms with E-state index in [9.17, 15) is 8.42 Å². The number of piperazine rings is 1. The first-order valence-electron chi connectivity index (χ1n) is 10.3. The Morgan fingerprint density at radius 3 is 2.50 bits per heavy atom. The summed E-state index contributed by atoms with van der Waals surface area (Å²) in [6, 6.07) is 1.89. The van der Waals surface area contributed by atoms with Gasteiger partial charge in [-0.25, -0.2) is 18.4 Å². The second kappa shape index (κ2) is 14.0. The van der Waals surface area contributed by atoms with E-state index in [1.165, 1.54) is 6.26 Å². The molecule has 1 atom stereocenters. The third-order valence-corrected chi connectivity index (χ3v) is 5.74. The number of hydrogen-bond donors (Lipinski definition) is 2. The average Bonchev–Trinajstić information content (AvgIpc) is 2.70. The number of halogens is 1. The second-order valence-electron chi connectivity index (χ2n) is 7.46. The summed E-state index contributed by atoms with van der Waals surface area (Å²) < 4.78 is 22.6. The molecule has 11 heteroatoms. The minimum absolute atomic E-state index is 0. The SMILES string of the molecule is CCNC(=NCCCN1CCN(c2ncccn2)CC1)NC(C)CCS(C)(=O)=O.I. The topological polar surface area (TPSA) is 103 Å². The predicted molar refractivity (Wildman–Crippen MR) is 134 cm³/mol. The van der Waals surface area contributed by atoms with E-state index < -0.39 is 9.84 Å². The van der Waals surface area contributed by atoms with E-state index in [0.29, 0.717) is 6.42 Å². The fourth-order valence-electron chi connectivity index (χ4n) is 3.13. The van der Waals surface area contributed by atoms with Gasteiger partial charge in [-0.1, -0.05) is 0 Å². The van der Waals surface area contributed by atoms with Gasteiger partial charge in [0, 0.05) is 70.5 Å². The molecule has 2 N–H and O–H groups in total. The highest BCUT2D eigenvalue weighted by atomic mass is 127. The van der Waals surface area contributed by atoms with Gasteiger partial charge >= 0.3 is 0 Å². The fourth-order valence-corrected chi connectivity index (χ4v) is 3.91. The van der Waals surface area contributed by atoms with Crippen molar-refractivity contribution >= 4 is 45.7 Å². The molecule has 1 aromatic heterocycles. The Morgan fingerprint density at radius 1 is 1.23 bits per heavy atom. The maximum atomic E-state index is 11.3. The third kappa shape index (κ3) is 10.7. The lowest BCUT2D eigenvalue weighted by atomic mass is 10.2. The molecule has 2 rings (SSSR count). The van der Waals surface area contributed by atoms with E-state index in [1.807, 2.05) is 19.9 Å². The number of aliphatic imine (C=N–C) groups is 1. The van der Waals surface area contributed by atoms with Crippen LogP contribution in [0.3, 0.4) is 0 Å². The van der Waals surface area contributed by atoms with E-state index in [-0.39, 0.29) is 35.8 Å². The van der Waals surface area contributed by atoms with Gasteiger partial charge in [-0.15, -0.1) is 24.0 Å². The highest BCUT2D eigenvalue weighted by molar-refractivity contribution is 14.0. The Kier molecular flexibility index (Phi) is 12.5. The second-order valence-corrected chi connectivity index (χ2v) is 9.72. The van der Waals surface area contributed by atoms with Gasteiger partial charge in [-0.05, 0) is 32.8 Å². The summed E-state index contributed by atoms with van der Waals surface area (Å²) in [7, 11) is -2.94. The summed E-state index contributed by atoms with van der Waals surface area (Å²) in [6.07, 6.45) is 6.38. The molecular weight excluding hydrogens is 517 g/mol. The van der Waals surface area contributed by atoms with Crippen molar-refractivity contribution in [2.45, 2.75) is 32.7 Å². The van der Waals surface area contributed by atoms with Crippen molar-refractivity contribution in [3.8, 4) is 0 Å². The molecule has 9 nitrogen and oxygen atoms in total. The standard InChI is InChI=1S/C19H35N7O2S.HI/c1-4-20-18(24-17(2)7-16-29(3,27)28)21-10-6-11-25-12-14-26(15-13-25)19-22-8-5-9-23-19;/h5,8-9,17H,4,6-7,10-16H2,1-3H3,(H2,20,21,24);1H. The minimum atomic E-state index is -2.94. The van der Waals surface area contributed by atoms with Gasteiger partial charge in [0.2, 0.25) is 5.95 Å². The Hall–Kier alpha value is -1.21. The van der Waals surface area contributed by atoms with Crippen LogP contribution < -0.4 is 15.5 Å². The number of sulfone groups is 1. The molecule has 1 fully saturated rings. The Balaban J connectivity index is 0.00000450. The van der Waals surface area contributed by atoms with Crippen LogP contribution >= 0.6 is 24.0 Å². The van der Waals surface area contributed by atoms with Crippen LogP contribution in [0.5, 0.6) is 0 Å². The molecule has 172 valence electrons. The van der Waals surface area contributed by atoms with E-state index >= 15 is 0 Å². The molecule has 2 heterocycles. The van der Waals surface area contributed by atoms with Gasteiger partial charge in [0.05, 0.1) is 5.75 Å². The zero-order chi connectivity index (χ0) is 21.1. The van der Waals surface area contributed by atoms with E-state index in [2.05, 4.69) is 35.4 Å². The van der Waals surface area contributed by atoms with Crippen LogP contribution in [0.25, 0.3) is 0 Å². The number of nitrogens with one attached hydrogen (secondary N) is 2. The molecule has 30 heavy (non-hydrogen) atoms. The lowest BCUT2D eigenvalue weighted by molar-refractivity contribution is 0.255. The quantitative estimate of drug-likeness (QED) is 0.192. The van der Waals surface area contributed by atoms with Crippen molar-refractivity contribution < 1.29 is 8.42 Å². The molecule has 0 bridgehead atoms. The molecule has 1 unspecified atom stereocenters. The van der Waals surface area contributed by atoms with Gasteiger partial charge in [0.25, 0.3) is 0 Å². The Morgan fingerprint density at radius 2 is 1.90 bits per heavy atom. The first-order valence-corrected chi connectivity index (χ1v) is 12.4. The molecule has 0 radical (unpaired) electrons. The van der Waals surface area contributed by atoms with Crippen molar-refractivity contribution in [1.29, 1.82) is 0 Å². The van der Waals surface area contributed by atoms with E-state index in [1.54, 1.807) is 12.4 Å². The number of anilines is 1. The van der Waals surface area contributed by atoms with Crippen molar-refractivity contribution in [3.05, 3.63) is 18.5 Å². The Labute approximate surface area is 198 Å². The summed E-state index contributed by atoms with van der Waals surface area (Å²) in [4.78, 5) is 17.9. The molecule has 0 aromatic carbocycles. The van der Waals surface area contributed by atoms with Crippen LogP contribution in [-0.4, -0.2) is 93.1 Å². The highest BCUT2D eigenvalue weighted by Crippen LogP contribution is 2.09. The normalized spacial score (nSPS) is 16.6. The maximum absolute atomic E-state index is 11.3. The zero-order valence-corrected chi connectivity index (χ0v) is 21.4. The van der Waals surface area contributed by atoms with Crippen LogP contribution in [0.4, 0.5) is 5.95 Å². The molecule has 0 aliphatic carbocycles. The summed E-state index contributed by atoms with van der Waals surface area (Å²) in [5, 5.41) is 6.52. The van der Waals surface area contributed by atoms with Gasteiger partial charge < -0.3 is 15.5 Å². The smallest absolute Gasteiger partial charge is 0.225 e. The molecule has 1 saturated heterocycles. The molecule has 0 spiro atoms. The first-order chi connectivity index (χ1) is 13.9. The fraction of sp³-hybridized carbons (Fsp3) is 0.737. The molecular formula is C19H36IN7O2S. The zero-order valence-electron chi connectivity index (χ0n) is 18.2. The molecule has 1 aromatic rings. The predicted octanol–water partition coefficient (Wildman–Crippen LogP) is 0.985. The Bertz CT molecular complexity index is 726. The number of hydrogen-bond acceptors (Lipinski definition) is 7. The van der Waals surface area contributed by atoms with Gasteiger partial charge in [0.15, 0.2) is 5.96 Å². The van der Waals surface area contributed by atoms with Crippen LogP contribution in [0.2, 0.25) is 0 Å². The van der Waals surface area contributed by atoms with E-state index in [0.717, 1.165) is 64.1 Å². The van der Waals surface area contributed by atoms with Gasteiger partial charge in [0.1, 0.15) is 9.84 Å². The van der Waals surface area contributed by atoms with Crippen LogP contribution in [0, 0.1) is 0 Å². The summed E-state index contributed by atoms with van der Waals surface area (Å²) >= 11 is 0. The largest absolute Gasteiger partial charge is 0.357 e. The van der Waals surface area contributed by atoms with Crippen molar-refractivity contribution in [2.24, 2.45) is 4.99 Å². The summed E-state index contributed by atoms with van der Waals surface area (Å²) in [6.45, 7) is 10.4. The van der Waals surface area contributed by atoms with Crippen molar-refractivity contribution in [1.82, 2.24) is 25.5 Å². The number of rotatable bonds is 10. The lowest BCUT2D eigenvalue weighted by Gasteiger charge is -2.34. The summed E-state index contributed by atoms with van der Waals surface area (Å²) in [5.74, 6) is 1.74. The monoisotopic (exact) mass is 553 g/mol. The number of aromatic nitrogens is 2. The maximum Gasteiger partial charge on any atom is 0.225 e. The van der Waals surface area contributed by atoms with Crippen LogP contribution in [0.15, 0.2) is 23.5 Å². The molecule has 0 amide bonds. The lowest BCUT2D eigenvalue weighted by Crippen LogP contribution is -2.47. The molecule has 1 aliphatic heterocycles. The molecule has 1 aliphatic rings. The third-order valence-electron chi connectivity index (χ3n) is 4.76. The minimum Gasteiger partial charge on any atom is -0.357 e. The number of nitrogens with zero attached hydrogens (tertiary/aromatic N) is 5. The van der Waals surface area contributed by atoms with Gasteiger partial charge in [-0.2, -0.15) is 0 Å². The summed E-state index contributed by atoms with van der Waals surface area (Å²) in [5.41, 5.74) is 0. The van der Waals surface area contributed by atoms with Crippen molar-refractivity contribution in [3.63, 3.8) is 0 Å². The first kappa shape index (κ1) is 26.8. The van der Waals surface area contributed by atoms with Crippen LogP contribution in [0.1, 0.15) is 26.7 Å². The highest BCUT2D eigenvalue weighted by Gasteiger charge is 2.18. The van der Waals surface area contributed by atoms with Crippen LogP contribution in [-0.2, 0) is 9.84 Å². The van der Waals surface area contributed by atoms with Crippen molar-refractivity contribution in [2.75, 3.05) is 62.7 Å². The average molecular weight is 554 g/mol. The van der Waals surface area contributed by atoms with E-state index in [4.69, 9.17) is 0 Å².